The Bertz CT molecular complexity index is 877. The summed E-state index contributed by atoms with van der Waals surface area (Å²) < 4.78 is 48.4. The molecule has 0 radical (unpaired) electrons. The lowest BCUT2D eigenvalue weighted by molar-refractivity contribution is -0.137. The number of rotatable bonds is 8. The summed E-state index contributed by atoms with van der Waals surface area (Å²) in [5.74, 6) is -0.922. The molecule has 0 heterocycles. The Balaban J connectivity index is 1.99. The van der Waals surface area contributed by atoms with Gasteiger partial charge in [0.05, 0.1) is 30.9 Å². The first-order chi connectivity index (χ1) is 14.5. The quantitative estimate of drug-likeness (QED) is 0.596. The highest BCUT2D eigenvalue weighted by Crippen LogP contribution is 2.29. The van der Waals surface area contributed by atoms with Crippen LogP contribution < -0.4 is 5.32 Å². The van der Waals surface area contributed by atoms with Crippen molar-refractivity contribution < 1.29 is 32.2 Å². The van der Waals surface area contributed by atoms with Crippen LogP contribution in [0.1, 0.15) is 53.9 Å². The number of methoxy groups -OCH3 is 1. The number of nitrogens with one attached hydrogen (secondary N) is 1. The second-order valence-corrected chi connectivity index (χ2v) is 7.51. The van der Waals surface area contributed by atoms with Crippen LogP contribution in [0, 0.1) is 5.92 Å². The molecule has 0 bridgehead atoms. The van der Waals surface area contributed by atoms with Gasteiger partial charge in [0.2, 0.25) is 5.91 Å². The van der Waals surface area contributed by atoms with Crippen molar-refractivity contribution in [2.24, 2.45) is 5.92 Å². The highest BCUT2D eigenvalue weighted by Gasteiger charge is 2.30. The fourth-order valence-electron chi connectivity index (χ4n) is 2.95. The zero-order valence-electron chi connectivity index (χ0n) is 17.8. The number of benzene rings is 2. The summed E-state index contributed by atoms with van der Waals surface area (Å²) >= 11 is 0. The Morgan fingerprint density at radius 3 is 2.03 bits per heavy atom. The highest BCUT2D eigenvalue weighted by molar-refractivity contribution is 5.89. The maximum Gasteiger partial charge on any atom is 0.416 e. The van der Waals surface area contributed by atoms with E-state index in [2.05, 4.69) is 10.1 Å². The molecule has 0 aliphatic carbocycles. The van der Waals surface area contributed by atoms with Crippen LogP contribution in [0.25, 0.3) is 0 Å². The molecule has 0 saturated heterocycles. The predicted octanol–water partition coefficient (Wildman–Crippen LogP) is 4.91. The maximum absolute atomic E-state index is 12.7. The van der Waals surface area contributed by atoms with Crippen LogP contribution in [-0.4, -0.2) is 25.1 Å². The van der Waals surface area contributed by atoms with E-state index >= 15 is 0 Å². The van der Waals surface area contributed by atoms with E-state index in [0.717, 1.165) is 17.7 Å². The van der Waals surface area contributed by atoms with E-state index in [1.165, 1.54) is 19.2 Å². The van der Waals surface area contributed by atoms with Crippen molar-refractivity contribution in [1.82, 2.24) is 5.32 Å². The summed E-state index contributed by atoms with van der Waals surface area (Å²) in [6.07, 6.45) is -5.18. The SMILES string of the molecule is COC(=O)c1ccc(C(C)NC(=O)C(OCc2ccc(C(F)(F)F)cc2)C(C)C)cc1. The minimum absolute atomic E-state index is 0.0105. The summed E-state index contributed by atoms with van der Waals surface area (Å²) in [7, 11) is 1.30. The summed E-state index contributed by atoms with van der Waals surface area (Å²) in [4.78, 5) is 24.3. The van der Waals surface area contributed by atoms with Crippen LogP contribution >= 0.6 is 0 Å². The molecule has 0 aliphatic heterocycles. The predicted molar refractivity (Wildman–Crippen MR) is 109 cm³/mol. The van der Waals surface area contributed by atoms with Crippen molar-refractivity contribution in [2.75, 3.05) is 7.11 Å². The van der Waals surface area contributed by atoms with Crippen LogP contribution in [0.3, 0.4) is 0 Å². The summed E-state index contributed by atoms with van der Waals surface area (Å²) in [6.45, 7) is 5.47. The number of ether oxygens (including phenoxy) is 2. The molecule has 31 heavy (non-hydrogen) atoms. The Hall–Kier alpha value is -2.87. The first kappa shape index (κ1) is 24.4. The van der Waals surface area contributed by atoms with Crippen LogP contribution in [0.4, 0.5) is 13.2 Å². The van der Waals surface area contributed by atoms with E-state index < -0.39 is 23.8 Å². The van der Waals surface area contributed by atoms with Gasteiger partial charge in [0.15, 0.2) is 0 Å². The molecule has 0 spiro atoms. The standard InChI is InChI=1S/C23H26F3NO4/c1-14(2)20(31-13-16-5-11-19(12-6-16)23(24,25)26)21(28)27-15(3)17-7-9-18(10-8-17)22(29)30-4/h5-12,14-15,20H,13H2,1-4H3,(H,27,28). The number of esters is 1. The molecular weight excluding hydrogens is 411 g/mol. The van der Waals surface area contributed by atoms with E-state index in [0.29, 0.717) is 11.1 Å². The minimum Gasteiger partial charge on any atom is -0.465 e. The summed E-state index contributed by atoms with van der Waals surface area (Å²) in [5.41, 5.74) is 1.01. The molecule has 2 rings (SSSR count). The molecule has 2 aromatic carbocycles. The molecular formula is C23H26F3NO4. The van der Waals surface area contributed by atoms with Gasteiger partial charge in [-0.2, -0.15) is 13.2 Å². The lowest BCUT2D eigenvalue weighted by atomic mass is 10.0. The fraction of sp³-hybridized carbons (Fsp3) is 0.391. The average molecular weight is 437 g/mol. The molecule has 168 valence electrons. The molecule has 1 N–H and O–H groups in total. The zero-order chi connectivity index (χ0) is 23.2. The first-order valence-corrected chi connectivity index (χ1v) is 9.79. The van der Waals surface area contributed by atoms with Crippen molar-refractivity contribution in [3.63, 3.8) is 0 Å². The normalized spacial score (nSPS) is 13.5. The van der Waals surface area contributed by atoms with Crippen LogP contribution in [-0.2, 0) is 27.1 Å². The van der Waals surface area contributed by atoms with Gasteiger partial charge in [-0.1, -0.05) is 38.1 Å². The maximum atomic E-state index is 12.7. The molecule has 0 aromatic heterocycles. The Morgan fingerprint density at radius 2 is 1.55 bits per heavy atom. The van der Waals surface area contributed by atoms with Crippen LogP contribution in [0.2, 0.25) is 0 Å². The smallest absolute Gasteiger partial charge is 0.416 e. The van der Waals surface area contributed by atoms with Gasteiger partial charge in [0, 0.05) is 0 Å². The second kappa shape index (κ2) is 10.4. The molecule has 5 nitrogen and oxygen atoms in total. The van der Waals surface area contributed by atoms with Crippen molar-refractivity contribution >= 4 is 11.9 Å². The minimum atomic E-state index is -4.40. The zero-order valence-corrected chi connectivity index (χ0v) is 17.8. The van der Waals surface area contributed by atoms with Gasteiger partial charge in [-0.25, -0.2) is 4.79 Å². The number of hydrogen-bond donors (Lipinski definition) is 1. The topological polar surface area (TPSA) is 64.6 Å². The molecule has 2 unspecified atom stereocenters. The van der Waals surface area contributed by atoms with Gasteiger partial charge in [-0.3, -0.25) is 4.79 Å². The van der Waals surface area contributed by atoms with E-state index in [9.17, 15) is 22.8 Å². The molecule has 2 atom stereocenters. The molecule has 0 fully saturated rings. The largest absolute Gasteiger partial charge is 0.465 e. The van der Waals surface area contributed by atoms with Gasteiger partial charge in [-0.05, 0) is 48.2 Å². The van der Waals surface area contributed by atoms with E-state index in [4.69, 9.17) is 4.74 Å². The van der Waals surface area contributed by atoms with Crippen molar-refractivity contribution in [3.05, 3.63) is 70.8 Å². The number of carbonyl (C=O) groups is 2. The molecule has 8 heteroatoms. The Morgan fingerprint density at radius 1 is 0.968 bits per heavy atom. The van der Waals surface area contributed by atoms with Crippen LogP contribution in [0.5, 0.6) is 0 Å². The molecule has 1 amide bonds. The van der Waals surface area contributed by atoms with Gasteiger partial charge in [-0.15, -0.1) is 0 Å². The number of amides is 1. The van der Waals surface area contributed by atoms with Gasteiger partial charge >= 0.3 is 12.1 Å². The number of alkyl halides is 3. The van der Waals surface area contributed by atoms with Gasteiger partial charge in [0.1, 0.15) is 6.10 Å². The summed E-state index contributed by atoms with van der Waals surface area (Å²) in [6, 6.07) is 11.0. The third-order valence-corrected chi connectivity index (χ3v) is 4.77. The van der Waals surface area contributed by atoms with Crippen molar-refractivity contribution in [2.45, 2.75) is 45.7 Å². The van der Waals surface area contributed by atoms with E-state index in [1.807, 2.05) is 13.8 Å². The second-order valence-electron chi connectivity index (χ2n) is 7.51. The van der Waals surface area contributed by atoms with Crippen LogP contribution in [0.15, 0.2) is 48.5 Å². The third-order valence-electron chi connectivity index (χ3n) is 4.77. The monoisotopic (exact) mass is 437 g/mol. The molecule has 0 saturated carbocycles. The molecule has 2 aromatic rings. The van der Waals surface area contributed by atoms with Gasteiger partial charge in [0.25, 0.3) is 0 Å². The summed E-state index contributed by atoms with van der Waals surface area (Å²) in [5, 5.41) is 2.88. The number of hydrogen-bond acceptors (Lipinski definition) is 4. The van der Waals surface area contributed by atoms with E-state index in [1.54, 1.807) is 31.2 Å². The molecule has 0 aliphatic rings. The highest BCUT2D eigenvalue weighted by atomic mass is 19.4. The third kappa shape index (κ3) is 6.82. The van der Waals surface area contributed by atoms with E-state index in [-0.39, 0.29) is 24.5 Å². The lowest BCUT2D eigenvalue weighted by Gasteiger charge is -2.24. The van der Waals surface area contributed by atoms with Gasteiger partial charge < -0.3 is 14.8 Å². The Kier molecular flexibility index (Phi) is 8.21. The lowest BCUT2D eigenvalue weighted by Crippen LogP contribution is -2.40. The van der Waals surface area contributed by atoms with Crippen molar-refractivity contribution in [3.8, 4) is 0 Å². The van der Waals surface area contributed by atoms with Crippen molar-refractivity contribution in [1.29, 1.82) is 0 Å². The first-order valence-electron chi connectivity index (χ1n) is 9.79. The number of halogens is 3. The number of carbonyl (C=O) groups excluding carboxylic acids is 2. The fourth-order valence-corrected chi connectivity index (χ4v) is 2.95. The Labute approximate surface area is 179 Å². The average Bonchev–Trinajstić information content (AvgIpc) is 2.72.